The monoisotopic (exact) mass is 303 g/mol. The Hall–Kier alpha value is -2.24. The van der Waals surface area contributed by atoms with E-state index in [1.165, 1.54) is 31.0 Å². The Kier molecular flexibility index (Phi) is 5.63. The van der Waals surface area contributed by atoms with Gasteiger partial charge in [-0.3, -0.25) is 14.9 Å². The predicted molar refractivity (Wildman–Crippen MR) is 84.9 cm³/mol. The second kappa shape index (κ2) is 7.68. The van der Waals surface area contributed by atoms with E-state index in [4.69, 9.17) is 0 Å². The molecular formula is C16H21N3O3. The van der Waals surface area contributed by atoms with Gasteiger partial charge in [0.15, 0.2) is 0 Å². The van der Waals surface area contributed by atoms with E-state index in [1.807, 2.05) is 0 Å². The lowest BCUT2D eigenvalue weighted by molar-refractivity contribution is -0.384. The standard InChI is InChI=1S/C16H21N3O3/c1-2-4-12-7-9-14(10-8-12)17-18-16(20)13-5-3-6-15(11-13)19(21)22/h3,5-6,11-12H,2,4,7-10H2,1H3,(H,18,20). The third-order valence-electron chi connectivity index (χ3n) is 4.01. The maximum Gasteiger partial charge on any atom is 0.271 e. The molecule has 1 aliphatic rings. The number of carbonyl (C=O) groups is 1. The number of hydrogen-bond donors (Lipinski definition) is 1. The Labute approximate surface area is 129 Å². The summed E-state index contributed by atoms with van der Waals surface area (Å²) in [4.78, 5) is 22.2. The number of hydrogen-bond acceptors (Lipinski definition) is 4. The molecule has 1 saturated carbocycles. The van der Waals surface area contributed by atoms with Crippen LogP contribution in [0.25, 0.3) is 0 Å². The average molecular weight is 303 g/mol. The van der Waals surface area contributed by atoms with Crippen LogP contribution in [0.5, 0.6) is 0 Å². The minimum absolute atomic E-state index is 0.0969. The summed E-state index contributed by atoms with van der Waals surface area (Å²) in [6, 6.07) is 5.65. The van der Waals surface area contributed by atoms with Crippen LogP contribution in [-0.2, 0) is 0 Å². The molecule has 1 aliphatic carbocycles. The van der Waals surface area contributed by atoms with Crippen molar-refractivity contribution in [3.05, 3.63) is 39.9 Å². The van der Waals surface area contributed by atoms with Gasteiger partial charge in [-0.1, -0.05) is 25.8 Å². The highest BCUT2D eigenvalue weighted by molar-refractivity contribution is 5.96. The fourth-order valence-corrected chi connectivity index (χ4v) is 2.77. The van der Waals surface area contributed by atoms with Gasteiger partial charge in [0.1, 0.15) is 0 Å². The SMILES string of the molecule is CCCC1CCC(=NNC(=O)c2cccc([N+](=O)[O-])c2)CC1. The number of carbonyl (C=O) groups excluding carboxylic acids is 1. The van der Waals surface area contributed by atoms with E-state index in [1.54, 1.807) is 6.07 Å². The van der Waals surface area contributed by atoms with Gasteiger partial charge in [-0.2, -0.15) is 5.10 Å². The molecule has 0 saturated heterocycles. The molecule has 1 aromatic carbocycles. The Bertz CT molecular complexity index is 574. The van der Waals surface area contributed by atoms with Crippen LogP contribution in [0.3, 0.4) is 0 Å². The zero-order valence-corrected chi connectivity index (χ0v) is 12.7. The molecule has 0 spiro atoms. The lowest BCUT2D eigenvalue weighted by Crippen LogP contribution is -2.22. The van der Waals surface area contributed by atoms with Gasteiger partial charge in [0.05, 0.1) is 4.92 Å². The van der Waals surface area contributed by atoms with E-state index < -0.39 is 10.8 Å². The number of nitrogens with zero attached hydrogens (tertiary/aromatic N) is 2. The van der Waals surface area contributed by atoms with Crippen molar-refractivity contribution in [3.63, 3.8) is 0 Å². The molecular weight excluding hydrogens is 282 g/mol. The fraction of sp³-hybridized carbons (Fsp3) is 0.500. The van der Waals surface area contributed by atoms with Crippen LogP contribution >= 0.6 is 0 Å². The Morgan fingerprint density at radius 2 is 2.14 bits per heavy atom. The molecule has 0 aliphatic heterocycles. The summed E-state index contributed by atoms with van der Waals surface area (Å²) in [6.45, 7) is 2.20. The predicted octanol–water partition coefficient (Wildman–Crippen LogP) is 3.67. The topological polar surface area (TPSA) is 84.6 Å². The second-order valence-electron chi connectivity index (χ2n) is 5.66. The zero-order valence-electron chi connectivity index (χ0n) is 12.7. The van der Waals surface area contributed by atoms with Gasteiger partial charge >= 0.3 is 0 Å². The summed E-state index contributed by atoms with van der Waals surface area (Å²) >= 11 is 0. The summed E-state index contributed by atoms with van der Waals surface area (Å²) in [5.41, 5.74) is 3.67. The molecule has 22 heavy (non-hydrogen) atoms. The number of rotatable bonds is 5. The molecule has 1 aromatic rings. The van der Waals surface area contributed by atoms with Crippen molar-refractivity contribution in [2.45, 2.75) is 45.4 Å². The van der Waals surface area contributed by atoms with E-state index in [0.29, 0.717) is 0 Å². The number of nitro groups is 1. The molecule has 0 bridgehead atoms. The Balaban J connectivity index is 1.91. The molecule has 0 radical (unpaired) electrons. The second-order valence-corrected chi connectivity index (χ2v) is 5.66. The maximum atomic E-state index is 12.0. The molecule has 1 N–H and O–H groups in total. The number of nitro benzene ring substituents is 1. The largest absolute Gasteiger partial charge is 0.271 e. The number of benzene rings is 1. The summed E-state index contributed by atoms with van der Waals surface area (Å²) in [6.07, 6.45) is 6.55. The van der Waals surface area contributed by atoms with Crippen LogP contribution in [0.15, 0.2) is 29.4 Å². The maximum absolute atomic E-state index is 12.0. The average Bonchev–Trinajstić information content (AvgIpc) is 2.54. The van der Waals surface area contributed by atoms with Crippen LogP contribution in [-0.4, -0.2) is 16.5 Å². The highest BCUT2D eigenvalue weighted by Gasteiger charge is 2.17. The van der Waals surface area contributed by atoms with Crippen LogP contribution in [0.1, 0.15) is 55.8 Å². The Morgan fingerprint density at radius 1 is 1.41 bits per heavy atom. The lowest BCUT2D eigenvalue weighted by atomic mass is 9.85. The quantitative estimate of drug-likeness (QED) is 0.665. The van der Waals surface area contributed by atoms with Crippen molar-refractivity contribution in [1.29, 1.82) is 0 Å². The number of hydrazone groups is 1. The molecule has 6 heteroatoms. The molecule has 0 heterocycles. The normalized spacial score (nSPS) is 17.9. The first-order valence-electron chi connectivity index (χ1n) is 7.70. The van der Waals surface area contributed by atoms with Crippen LogP contribution in [0.2, 0.25) is 0 Å². The minimum Gasteiger partial charge on any atom is -0.267 e. The van der Waals surface area contributed by atoms with Gasteiger partial charge in [-0.25, -0.2) is 5.43 Å². The van der Waals surface area contributed by atoms with Crippen molar-refractivity contribution in [2.24, 2.45) is 11.0 Å². The molecule has 1 amide bonds. The smallest absolute Gasteiger partial charge is 0.267 e. The van der Waals surface area contributed by atoms with E-state index >= 15 is 0 Å². The Morgan fingerprint density at radius 3 is 2.77 bits per heavy atom. The van der Waals surface area contributed by atoms with Crippen LogP contribution < -0.4 is 5.43 Å². The molecule has 0 atom stereocenters. The van der Waals surface area contributed by atoms with Gasteiger partial charge in [0.25, 0.3) is 11.6 Å². The summed E-state index contributed by atoms with van der Waals surface area (Å²) in [5, 5.41) is 14.9. The van der Waals surface area contributed by atoms with Gasteiger partial charge in [-0.05, 0) is 37.7 Å². The number of amides is 1. The van der Waals surface area contributed by atoms with Gasteiger partial charge in [-0.15, -0.1) is 0 Å². The third-order valence-corrected chi connectivity index (χ3v) is 4.01. The van der Waals surface area contributed by atoms with Crippen molar-refractivity contribution < 1.29 is 9.72 Å². The van der Waals surface area contributed by atoms with Crippen LogP contribution in [0, 0.1) is 16.0 Å². The van der Waals surface area contributed by atoms with Crippen molar-refractivity contribution >= 4 is 17.3 Å². The first-order valence-corrected chi connectivity index (χ1v) is 7.70. The van der Waals surface area contributed by atoms with Crippen molar-refractivity contribution in [2.75, 3.05) is 0 Å². The number of nitrogens with one attached hydrogen (secondary N) is 1. The highest BCUT2D eigenvalue weighted by atomic mass is 16.6. The summed E-state index contributed by atoms with van der Waals surface area (Å²) < 4.78 is 0. The van der Waals surface area contributed by atoms with Gasteiger partial charge in [0, 0.05) is 23.4 Å². The van der Waals surface area contributed by atoms with Crippen LogP contribution in [0.4, 0.5) is 5.69 Å². The molecule has 6 nitrogen and oxygen atoms in total. The molecule has 0 unspecified atom stereocenters. The van der Waals surface area contributed by atoms with Gasteiger partial charge in [0.2, 0.25) is 0 Å². The minimum atomic E-state index is -0.516. The van der Waals surface area contributed by atoms with E-state index in [9.17, 15) is 14.9 Å². The molecule has 118 valence electrons. The van der Waals surface area contributed by atoms with E-state index in [2.05, 4.69) is 17.5 Å². The zero-order chi connectivity index (χ0) is 15.9. The lowest BCUT2D eigenvalue weighted by Gasteiger charge is -2.22. The van der Waals surface area contributed by atoms with E-state index in [0.717, 1.165) is 37.3 Å². The highest BCUT2D eigenvalue weighted by Crippen LogP contribution is 2.25. The third kappa shape index (κ3) is 4.38. The fourth-order valence-electron chi connectivity index (χ4n) is 2.77. The van der Waals surface area contributed by atoms with Crippen molar-refractivity contribution in [3.8, 4) is 0 Å². The van der Waals surface area contributed by atoms with Crippen molar-refractivity contribution in [1.82, 2.24) is 5.43 Å². The van der Waals surface area contributed by atoms with Gasteiger partial charge < -0.3 is 0 Å². The summed E-state index contributed by atoms with van der Waals surface area (Å²) in [7, 11) is 0. The first kappa shape index (κ1) is 16.1. The molecule has 1 fully saturated rings. The first-order chi connectivity index (χ1) is 10.6. The molecule has 0 aromatic heterocycles. The number of non-ortho nitro benzene ring substituents is 1. The molecule has 2 rings (SSSR count). The van der Waals surface area contributed by atoms with E-state index in [-0.39, 0.29) is 11.3 Å². The summed E-state index contributed by atoms with van der Waals surface area (Å²) in [5.74, 6) is 0.364.